The van der Waals surface area contributed by atoms with Crippen LogP contribution >= 0.6 is 0 Å². The molecule has 0 bridgehead atoms. The summed E-state index contributed by atoms with van der Waals surface area (Å²) in [6.07, 6.45) is 2.48. The predicted molar refractivity (Wildman–Crippen MR) is 73.0 cm³/mol. The van der Waals surface area contributed by atoms with Crippen LogP contribution < -0.4 is 0 Å². The lowest BCUT2D eigenvalue weighted by atomic mass is 9.78. The first-order chi connectivity index (χ1) is 9.30. The summed E-state index contributed by atoms with van der Waals surface area (Å²) in [5.41, 5.74) is -0.0942. The van der Waals surface area contributed by atoms with Crippen molar-refractivity contribution in [3.63, 3.8) is 0 Å². The van der Waals surface area contributed by atoms with Gasteiger partial charge < -0.3 is 9.64 Å². The van der Waals surface area contributed by atoms with E-state index in [-0.39, 0.29) is 23.0 Å². The molecule has 0 unspecified atom stereocenters. The lowest BCUT2D eigenvalue weighted by Gasteiger charge is -2.30. The van der Waals surface area contributed by atoms with Gasteiger partial charge in [0.15, 0.2) is 11.6 Å². The SMILES string of the molecule is CC(C)(C)C1=CC(=O)C=C(C(=O)N2CCOCC2)C1=O. The summed E-state index contributed by atoms with van der Waals surface area (Å²) in [5, 5.41) is 0. The van der Waals surface area contributed by atoms with E-state index in [1.807, 2.05) is 20.8 Å². The summed E-state index contributed by atoms with van der Waals surface area (Å²) < 4.78 is 5.18. The van der Waals surface area contributed by atoms with E-state index in [1.54, 1.807) is 4.90 Å². The van der Waals surface area contributed by atoms with E-state index in [0.29, 0.717) is 31.9 Å². The number of ketones is 2. The van der Waals surface area contributed by atoms with Crippen LogP contribution in [0.5, 0.6) is 0 Å². The Morgan fingerprint density at radius 3 is 2.30 bits per heavy atom. The summed E-state index contributed by atoms with van der Waals surface area (Å²) in [5.74, 6) is -1.01. The number of carbonyl (C=O) groups is 3. The largest absolute Gasteiger partial charge is 0.378 e. The third-order valence-corrected chi connectivity index (χ3v) is 3.40. The molecular formula is C15H19NO4. The van der Waals surface area contributed by atoms with Crippen LogP contribution in [0.1, 0.15) is 20.8 Å². The molecule has 20 heavy (non-hydrogen) atoms. The van der Waals surface area contributed by atoms with Gasteiger partial charge in [0.1, 0.15) is 0 Å². The molecule has 0 aromatic rings. The summed E-state index contributed by atoms with van der Waals surface area (Å²) in [6, 6.07) is 0. The lowest BCUT2D eigenvalue weighted by molar-refractivity contribution is -0.133. The zero-order valence-corrected chi connectivity index (χ0v) is 12.1. The molecule has 1 fully saturated rings. The summed E-state index contributed by atoms with van der Waals surface area (Å²) in [6.45, 7) is 7.38. The highest BCUT2D eigenvalue weighted by atomic mass is 16.5. The van der Waals surface area contributed by atoms with E-state index in [9.17, 15) is 14.4 Å². The quantitative estimate of drug-likeness (QED) is 0.527. The number of ether oxygens (including phenoxy) is 1. The molecule has 0 aromatic heterocycles. The number of morpholine rings is 1. The first kappa shape index (κ1) is 14.7. The first-order valence-corrected chi connectivity index (χ1v) is 6.70. The second-order valence-corrected chi connectivity index (χ2v) is 6.00. The molecule has 1 saturated heterocycles. The van der Waals surface area contributed by atoms with Gasteiger partial charge in [-0.15, -0.1) is 0 Å². The van der Waals surface area contributed by atoms with E-state index < -0.39 is 5.41 Å². The van der Waals surface area contributed by atoms with Crippen molar-refractivity contribution in [3.8, 4) is 0 Å². The van der Waals surface area contributed by atoms with E-state index >= 15 is 0 Å². The molecule has 0 N–H and O–H groups in total. The Balaban J connectivity index is 2.26. The van der Waals surface area contributed by atoms with Crippen LogP contribution in [-0.4, -0.2) is 48.7 Å². The Kier molecular flexibility index (Phi) is 3.90. The van der Waals surface area contributed by atoms with E-state index in [1.165, 1.54) is 6.08 Å². The van der Waals surface area contributed by atoms with Gasteiger partial charge in [-0.2, -0.15) is 0 Å². The van der Waals surface area contributed by atoms with Crippen molar-refractivity contribution < 1.29 is 19.1 Å². The smallest absolute Gasteiger partial charge is 0.258 e. The average molecular weight is 277 g/mol. The number of allylic oxidation sites excluding steroid dienone is 3. The molecule has 1 aliphatic carbocycles. The second kappa shape index (κ2) is 5.32. The molecule has 0 saturated carbocycles. The fraction of sp³-hybridized carbons (Fsp3) is 0.533. The van der Waals surface area contributed by atoms with Crippen LogP contribution in [0.3, 0.4) is 0 Å². The molecule has 5 heteroatoms. The number of Topliss-reactive ketones (excluding diaryl/α,β-unsaturated/α-hetero) is 1. The Bertz CT molecular complexity index is 516. The summed E-state index contributed by atoms with van der Waals surface area (Å²) in [7, 11) is 0. The van der Waals surface area contributed by atoms with Crippen LogP contribution in [0.25, 0.3) is 0 Å². The van der Waals surface area contributed by atoms with Gasteiger partial charge in [-0.25, -0.2) is 0 Å². The molecule has 2 rings (SSSR count). The molecule has 0 aromatic carbocycles. The van der Waals surface area contributed by atoms with Crippen molar-refractivity contribution in [1.82, 2.24) is 4.90 Å². The Morgan fingerprint density at radius 1 is 1.15 bits per heavy atom. The fourth-order valence-electron chi connectivity index (χ4n) is 2.26. The number of nitrogens with zero attached hydrogens (tertiary/aromatic N) is 1. The minimum Gasteiger partial charge on any atom is -0.378 e. The molecule has 5 nitrogen and oxygen atoms in total. The lowest BCUT2D eigenvalue weighted by Crippen LogP contribution is -2.43. The Morgan fingerprint density at radius 2 is 1.75 bits per heavy atom. The molecule has 0 atom stereocenters. The maximum Gasteiger partial charge on any atom is 0.258 e. The zero-order chi connectivity index (χ0) is 14.9. The number of hydrogen-bond acceptors (Lipinski definition) is 4. The standard InChI is InChI=1S/C15H19NO4/c1-15(2,3)12-9-10(17)8-11(13(12)18)14(19)16-4-6-20-7-5-16/h8-9H,4-7H2,1-3H3. The van der Waals surface area contributed by atoms with Gasteiger partial charge in [-0.3, -0.25) is 14.4 Å². The summed E-state index contributed by atoms with van der Waals surface area (Å²) >= 11 is 0. The van der Waals surface area contributed by atoms with Crippen molar-refractivity contribution in [2.75, 3.05) is 26.3 Å². The molecule has 1 amide bonds. The maximum absolute atomic E-state index is 12.4. The zero-order valence-electron chi connectivity index (χ0n) is 12.1. The fourth-order valence-corrected chi connectivity index (χ4v) is 2.26. The molecule has 108 valence electrons. The average Bonchev–Trinajstić information content (AvgIpc) is 2.40. The molecule has 2 aliphatic rings. The van der Waals surface area contributed by atoms with Gasteiger partial charge in [0.2, 0.25) is 0 Å². The molecule has 0 spiro atoms. The summed E-state index contributed by atoms with van der Waals surface area (Å²) in [4.78, 5) is 38.1. The van der Waals surface area contributed by atoms with Crippen LogP contribution in [0, 0.1) is 5.41 Å². The van der Waals surface area contributed by atoms with Gasteiger partial charge in [0, 0.05) is 24.7 Å². The van der Waals surface area contributed by atoms with Crippen molar-refractivity contribution in [2.45, 2.75) is 20.8 Å². The Hall–Kier alpha value is -1.75. The Labute approximate surface area is 118 Å². The van der Waals surface area contributed by atoms with Gasteiger partial charge in [0.05, 0.1) is 18.8 Å². The van der Waals surface area contributed by atoms with Gasteiger partial charge >= 0.3 is 0 Å². The topological polar surface area (TPSA) is 63.7 Å². The third-order valence-electron chi connectivity index (χ3n) is 3.40. The van der Waals surface area contributed by atoms with E-state index in [4.69, 9.17) is 4.74 Å². The monoisotopic (exact) mass is 277 g/mol. The van der Waals surface area contributed by atoms with Crippen LogP contribution in [0.15, 0.2) is 23.3 Å². The van der Waals surface area contributed by atoms with Gasteiger partial charge in [-0.05, 0) is 11.5 Å². The minimum absolute atomic E-state index is 0.0238. The van der Waals surface area contributed by atoms with Gasteiger partial charge in [0.25, 0.3) is 5.91 Å². The van der Waals surface area contributed by atoms with Gasteiger partial charge in [-0.1, -0.05) is 20.8 Å². The molecule has 1 heterocycles. The maximum atomic E-state index is 12.4. The number of rotatable bonds is 1. The van der Waals surface area contributed by atoms with Crippen molar-refractivity contribution >= 4 is 17.5 Å². The first-order valence-electron chi connectivity index (χ1n) is 6.70. The third kappa shape index (κ3) is 2.88. The van der Waals surface area contributed by atoms with Crippen molar-refractivity contribution in [2.24, 2.45) is 5.41 Å². The normalized spacial score (nSPS) is 20.6. The number of amides is 1. The predicted octanol–water partition coefficient (Wildman–Crippen LogP) is 0.896. The highest BCUT2D eigenvalue weighted by molar-refractivity contribution is 6.32. The van der Waals surface area contributed by atoms with Crippen molar-refractivity contribution in [1.29, 1.82) is 0 Å². The van der Waals surface area contributed by atoms with Crippen LogP contribution in [0.4, 0.5) is 0 Å². The highest BCUT2D eigenvalue weighted by Gasteiger charge is 2.35. The van der Waals surface area contributed by atoms with E-state index in [0.717, 1.165) is 6.08 Å². The number of hydrogen-bond donors (Lipinski definition) is 0. The van der Waals surface area contributed by atoms with Crippen LogP contribution in [0.2, 0.25) is 0 Å². The molecular weight excluding hydrogens is 258 g/mol. The van der Waals surface area contributed by atoms with E-state index in [2.05, 4.69) is 0 Å². The molecule has 1 aliphatic heterocycles. The highest BCUT2D eigenvalue weighted by Crippen LogP contribution is 2.30. The second-order valence-electron chi connectivity index (χ2n) is 6.00. The molecule has 0 radical (unpaired) electrons. The van der Waals surface area contributed by atoms with Crippen molar-refractivity contribution in [3.05, 3.63) is 23.3 Å². The minimum atomic E-state index is -0.461. The number of carbonyl (C=O) groups excluding carboxylic acids is 3. The van der Waals surface area contributed by atoms with Crippen LogP contribution in [-0.2, 0) is 19.1 Å².